The van der Waals surface area contributed by atoms with E-state index in [4.69, 9.17) is 0 Å². The zero-order valence-electron chi connectivity index (χ0n) is 31.1. The number of carbonyl (C=O) groups is 3. The van der Waals surface area contributed by atoms with Crippen molar-refractivity contribution in [1.82, 2.24) is 15.1 Å². The maximum atomic E-state index is 16.1. The highest BCUT2D eigenvalue weighted by Crippen LogP contribution is 2.47. The Morgan fingerprint density at radius 2 is 1.53 bits per heavy atom. The predicted molar refractivity (Wildman–Crippen MR) is 210 cm³/mol. The van der Waals surface area contributed by atoms with Gasteiger partial charge in [-0.3, -0.25) is 24.6 Å². The lowest BCUT2D eigenvalue weighted by molar-refractivity contribution is -0.136. The number of imide groups is 1. The summed E-state index contributed by atoms with van der Waals surface area (Å²) in [5.41, 5.74) is 7.93. The van der Waals surface area contributed by atoms with E-state index in [1.807, 2.05) is 36.4 Å². The number of halogens is 1. The summed E-state index contributed by atoms with van der Waals surface area (Å²) in [6.45, 7) is 6.82. The van der Waals surface area contributed by atoms with Gasteiger partial charge in [0.25, 0.3) is 5.91 Å². The van der Waals surface area contributed by atoms with Gasteiger partial charge in [0.05, 0.1) is 5.69 Å². The molecule has 0 aromatic heterocycles. The predicted octanol–water partition coefficient (Wildman–Crippen LogP) is 6.19. The fourth-order valence-electron chi connectivity index (χ4n) is 9.92. The van der Waals surface area contributed by atoms with Crippen LogP contribution in [0.5, 0.6) is 5.75 Å². The third-order valence-electron chi connectivity index (χ3n) is 12.9. The molecule has 0 radical (unpaired) electrons. The summed E-state index contributed by atoms with van der Waals surface area (Å²) in [4.78, 5) is 46.0. The first kappa shape index (κ1) is 35.5. The molecule has 284 valence electrons. The van der Waals surface area contributed by atoms with Crippen molar-refractivity contribution in [2.75, 3.05) is 55.6 Å². The molecule has 9 nitrogen and oxygen atoms in total. The smallest absolute Gasteiger partial charge is 0.255 e. The number of amides is 3. The highest BCUT2D eigenvalue weighted by Gasteiger charge is 2.39. The maximum Gasteiger partial charge on any atom is 0.255 e. The van der Waals surface area contributed by atoms with Gasteiger partial charge in [0.15, 0.2) is 0 Å². The number of phenolic OH excluding ortho intramolecular Hbond substituents is 1. The van der Waals surface area contributed by atoms with Gasteiger partial charge in [0.1, 0.15) is 17.6 Å². The van der Waals surface area contributed by atoms with E-state index in [-0.39, 0.29) is 47.5 Å². The molecule has 2 unspecified atom stereocenters. The van der Waals surface area contributed by atoms with Gasteiger partial charge in [-0.2, -0.15) is 0 Å². The molecule has 9 rings (SSSR count). The first-order chi connectivity index (χ1) is 26.8. The highest BCUT2D eigenvalue weighted by atomic mass is 19.1. The van der Waals surface area contributed by atoms with Crippen molar-refractivity contribution in [1.29, 1.82) is 0 Å². The zero-order chi connectivity index (χ0) is 37.6. The van der Waals surface area contributed by atoms with Gasteiger partial charge in [0, 0.05) is 75.9 Å². The van der Waals surface area contributed by atoms with Gasteiger partial charge in [-0.1, -0.05) is 42.5 Å². The summed E-state index contributed by atoms with van der Waals surface area (Å²) in [5.74, 6) is 0.125. The lowest BCUT2D eigenvalue weighted by Gasteiger charge is -2.40. The molecular formula is C45H48FN5O4. The van der Waals surface area contributed by atoms with Crippen LogP contribution in [0.4, 0.5) is 15.8 Å². The van der Waals surface area contributed by atoms with Crippen LogP contribution in [0.25, 0.3) is 0 Å². The summed E-state index contributed by atoms with van der Waals surface area (Å²) in [6, 6.07) is 27.5. The van der Waals surface area contributed by atoms with E-state index < -0.39 is 6.04 Å². The summed E-state index contributed by atoms with van der Waals surface area (Å²) >= 11 is 0. The largest absolute Gasteiger partial charge is 0.508 e. The summed E-state index contributed by atoms with van der Waals surface area (Å²) in [7, 11) is 0. The second-order valence-electron chi connectivity index (χ2n) is 16.1. The molecule has 10 heteroatoms. The minimum Gasteiger partial charge on any atom is -0.508 e. The molecule has 4 aliphatic heterocycles. The average Bonchev–Trinajstić information content (AvgIpc) is 3.53. The Bertz CT molecular complexity index is 2110. The molecular weight excluding hydrogens is 694 g/mol. The van der Waals surface area contributed by atoms with Crippen molar-refractivity contribution >= 4 is 29.1 Å². The van der Waals surface area contributed by atoms with Crippen LogP contribution >= 0.6 is 0 Å². The van der Waals surface area contributed by atoms with E-state index in [0.29, 0.717) is 30.1 Å². The van der Waals surface area contributed by atoms with Crippen LogP contribution in [0.1, 0.15) is 82.1 Å². The van der Waals surface area contributed by atoms with Crippen molar-refractivity contribution in [2.24, 2.45) is 5.92 Å². The number of nitrogens with one attached hydrogen (secondary N) is 1. The third kappa shape index (κ3) is 6.97. The van der Waals surface area contributed by atoms with Gasteiger partial charge in [-0.05, 0) is 114 Å². The van der Waals surface area contributed by atoms with Gasteiger partial charge < -0.3 is 19.8 Å². The molecule has 0 bridgehead atoms. The Kier molecular flexibility index (Phi) is 9.54. The highest BCUT2D eigenvalue weighted by molar-refractivity contribution is 6.05. The number of nitrogens with zero attached hydrogens (tertiary/aromatic N) is 4. The van der Waals surface area contributed by atoms with Crippen LogP contribution in [0.15, 0.2) is 84.9 Å². The zero-order valence-corrected chi connectivity index (χ0v) is 31.1. The van der Waals surface area contributed by atoms with E-state index in [1.54, 1.807) is 17.0 Å². The lowest BCUT2D eigenvalue weighted by Crippen LogP contribution is -2.52. The van der Waals surface area contributed by atoms with Gasteiger partial charge in [0.2, 0.25) is 11.8 Å². The van der Waals surface area contributed by atoms with Crippen molar-refractivity contribution in [3.05, 3.63) is 124 Å². The van der Waals surface area contributed by atoms with Crippen LogP contribution in [-0.2, 0) is 22.6 Å². The quantitative estimate of drug-likeness (QED) is 0.218. The van der Waals surface area contributed by atoms with E-state index in [1.165, 1.54) is 11.1 Å². The van der Waals surface area contributed by atoms with Gasteiger partial charge in [-0.25, -0.2) is 4.39 Å². The monoisotopic (exact) mass is 741 g/mol. The van der Waals surface area contributed by atoms with Gasteiger partial charge >= 0.3 is 0 Å². The second-order valence-corrected chi connectivity index (χ2v) is 16.1. The van der Waals surface area contributed by atoms with Crippen LogP contribution < -0.4 is 15.1 Å². The molecule has 3 amide bonds. The molecule has 1 aliphatic carbocycles. The maximum absolute atomic E-state index is 16.1. The Labute approximate surface area is 321 Å². The Hall–Kier alpha value is -5.22. The van der Waals surface area contributed by atoms with Crippen molar-refractivity contribution in [2.45, 2.75) is 62.9 Å². The summed E-state index contributed by atoms with van der Waals surface area (Å²) in [6.07, 6.45) is 4.50. The SMILES string of the molecule is O=C1CCC(N2Cc3cc(N4CCN(CC5CCN(c6ccc([C@@H]7c8ccc(O)cc8CCC7c7ccccc7)cc6F)CC5)CC4)ccc3C2=O)C(=O)N1. The molecule has 4 aromatic rings. The first-order valence-electron chi connectivity index (χ1n) is 19.9. The van der Waals surface area contributed by atoms with E-state index >= 15 is 4.39 Å². The lowest BCUT2D eigenvalue weighted by atomic mass is 9.69. The normalized spacial score (nSPS) is 23.5. The average molecular weight is 742 g/mol. The topological polar surface area (TPSA) is 96.4 Å². The Balaban J connectivity index is 0.795. The fraction of sp³-hybridized carbons (Fsp3) is 0.400. The Morgan fingerprint density at radius 3 is 2.29 bits per heavy atom. The molecule has 0 spiro atoms. The van der Waals surface area contributed by atoms with Gasteiger partial charge in [-0.15, -0.1) is 0 Å². The number of benzene rings is 4. The minimum atomic E-state index is -0.605. The number of fused-ring (bicyclic) bond motifs is 2. The fourth-order valence-corrected chi connectivity index (χ4v) is 9.92. The number of aromatic hydroxyl groups is 1. The summed E-state index contributed by atoms with van der Waals surface area (Å²) in [5, 5.41) is 12.6. The van der Waals surface area contributed by atoms with E-state index in [9.17, 15) is 19.5 Å². The molecule has 3 atom stereocenters. The Morgan fingerprint density at radius 1 is 0.727 bits per heavy atom. The van der Waals surface area contributed by atoms with Crippen LogP contribution in [0.2, 0.25) is 0 Å². The van der Waals surface area contributed by atoms with Crippen molar-refractivity contribution in [3.8, 4) is 5.75 Å². The molecule has 5 aliphatic rings. The molecule has 3 saturated heterocycles. The van der Waals surface area contributed by atoms with Crippen LogP contribution in [-0.4, -0.2) is 84.5 Å². The number of hydrogen-bond acceptors (Lipinski definition) is 7. The number of phenols is 1. The minimum absolute atomic E-state index is 0.0174. The number of piperidine rings is 2. The molecule has 3 fully saturated rings. The van der Waals surface area contributed by atoms with E-state index in [0.717, 1.165) is 93.9 Å². The molecule has 55 heavy (non-hydrogen) atoms. The van der Waals surface area contributed by atoms with Crippen LogP contribution in [0, 0.1) is 11.7 Å². The molecule has 2 N–H and O–H groups in total. The van der Waals surface area contributed by atoms with E-state index in [2.05, 4.69) is 56.4 Å². The number of aryl methyl sites for hydroxylation is 1. The molecule has 4 heterocycles. The molecule has 0 saturated carbocycles. The number of piperazine rings is 1. The second kappa shape index (κ2) is 14.8. The first-order valence-corrected chi connectivity index (χ1v) is 19.9. The molecule has 4 aromatic carbocycles. The standard InChI is InChI=1S/C45H48FN5O4/c46-39-26-32(43-36(30-4-2-1-3-5-30)10-6-31-25-35(52)9-12-37(31)43)7-13-40(39)50-18-16-29(17-19-50)27-48-20-22-49(23-21-48)34-8-11-38-33(24-34)28-51(45(38)55)41-14-15-42(53)47-44(41)54/h1-5,7-9,11-13,24-26,29,36,41,43,52H,6,10,14-23,27-28H2,(H,47,53,54)/t36?,41?,43-/m0/s1. The van der Waals surface area contributed by atoms with Crippen LogP contribution in [0.3, 0.4) is 0 Å². The number of carbonyl (C=O) groups excluding carboxylic acids is 3. The van der Waals surface area contributed by atoms with Crippen molar-refractivity contribution < 1.29 is 23.9 Å². The third-order valence-corrected chi connectivity index (χ3v) is 12.9. The number of hydrogen-bond donors (Lipinski definition) is 2. The summed E-state index contributed by atoms with van der Waals surface area (Å²) < 4.78 is 16.1. The number of anilines is 2. The van der Waals surface area contributed by atoms with Crippen molar-refractivity contribution in [3.63, 3.8) is 0 Å². The number of rotatable bonds is 7.